The summed E-state index contributed by atoms with van der Waals surface area (Å²) in [4.78, 5) is 14.1. The number of halogens is 1. The Kier molecular flexibility index (Phi) is 4.91. The summed E-state index contributed by atoms with van der Waals surface area (Å²) in [5.74, 6) is 0.764. The average Bonchev–Trinajstić information content (AvgIpc) is 3.25. The van der Waals surface area contributed by atoms with Gasteiger partial charge in [0.25, 0.3) is 0 Å². The molecule has 0 aliphatic rings. The summed E-state index contributed by atoms with van der Waals surface area (Å²) >= 11 is 7.61. The fraction of sp³-hybridized carbons (Fsp3) is 0.0417. The minimum atomic E-state index is 0.727. The monoisotopic (exact) mass is 428 g/mol. The summed E-state index contributed by atoms with van der Waals surface area (Å²) in [6.07, 6.45) is 0. The van der Waals surface area contributed by atoms with Crippen molar-refractivity contribution in [1.29, 1.82) is 0 Å². The number of fused-ring (bicyclic) bond motifs is 1. The molecule has 2 heterocycles. The molecule has 1 N–H and O–H groups in total. The molecule has 146 valence electrons. The van der Waals surface area contributed by atoms with Crippen LogP contribution in [0.1, 0.15) is 5.69 Å². The molecule has 0 atom stereocenters. The van der Waals surface area contributed by atoms with E-state index in [9.17, 15) is 0 Å². The van der Waals surface area contributed by atoms with Crippen LogP contribution in [0.4, 0.5) is 11.5 Å². The predicted molar refractivity (Wildman–Crippen MR) is 126 cm³/mol. The average molecular weight is 429 g/mol. The van der Waals surface area contributed by atoms with Crippen molar-refractivity contribution in [1.82, 2.24) is 15.0 Å². The molecule has 2 aromatic heterocycles. The van der Waals surface area contributed by atoms with Crippen LogP contribution in [0, 0.1) is 6.92 Å². The van der Waals surface area contributed by atoms with Gasteiger partial charge in [-0.1, -0.05) is 48.0 Å². The Morgan fingerprint density at radius 3 is 2.17 bits per heavy atom. The van der Waals surface area contributed by atoms with Crippen molar-refractivity contribution in [3.63, 3.8) is 0 Å². The van der Waals surface area contributed by atoms with Gasteiger partial charge in [0.05, 0.1) is 22.4 Å². The number of benzene rings is 3. The number of anilines is 2. The van der Waals surface area contributed by atoms with Crippen LogP contribution in [0.15, 0.2) is 78.2 Å². The van der Waals surface area contributed by atoms with Crippen molar-refractivity contribution >= 4 is 45.5 Å². The quantitative estimate of drug-likeness (QED) is 0.331. The van der Waals surface area contributed by atoms with Crippen LogP contribution < -0.4 is 5.32 Å². The van der Waals surface area contributed by atoms with Crippen molar-refractivity contribution in [2.45, 2.75) is 6.92 Å². The molecule has 5 rings (SSSR count). The van der Waals surface area contributed by atoms with Crippen LogP contribution in [0.3, 0.4) is 0 Å². The second-order valence-corrected chi connectivity index (χ2v) is 8.19. The van der Waals surface area contributed by atoms with E-state index in [1.165, 1.54) is 0 Å². The Bertz CT molecular complexity index is 1330. The molecular weight excluding hydrogens is 412 g/mol. The van der Waals surface area contributed by atoms with E-state index in [4.69, 9.17) is 21.6 Å². The lowest BCUT2D eigenvalue weighted by atomic mass is 10.1. The third kappa shape index (κ3) is 3.77. The first-order chi connectivity index (χ1) is 14.7. The van der Waals surface area contributed by atoms with Gasteiger partial charge < -0.3 is 5.32 Å². The van der Waals surface area contributed by atoms with Crippen molar-refractivity contribution < 1.29 is 0 Å². The molecule has 0 amide bonds. The maximum atomic E-state index is 5.98. The van der Waals surface area contributed by atoms with E-state index in [1.54, 1.807) is 11.3 Å². The molecule has 3 aromatic carbocycles. The molecule has 0 aliphatic heterocycles. The number of rotatable bonds is 4. The van der Waals surface area contributed by atoms with Gasteiger partial charge >= 0.3 is 0 Å². The van der Waals surface area contributed by atoms with E-state index in [2.05, 4.69) is 27.8 Å². The van der Waals surface area contributed by atoms with Gasteiger partial charge in [-0.3, -0.25) is 0 Å². The predicted octanol–water partition coefficient (Wildman–Crippen LogP) is 7.13. The summed E-state index contributed by atoms with van der Waals surface area (Å²) < 4.78 is 0. The third-order valence-electron chi connectivity index (χ3n) is 4.78. The van der Waals surface area contributed by atoms with Crippen molar-refractivity contribution in [2.24, 2.45) is 0 Å². The van der Waals surface area contributed by atoms with E-state index in [0.717, 1.165) is 55.1 Å². The Morgan fingerprint density at radius 2 is 1.43 bits per heavy atom. The van der Waals surface area contributed by atoms with Crippen molar-refractivity contribution in [2.75, 3.05) is 5.32 Å². The molecule has 0 aliphatic carbocycles. The number of hydrogen-bond acceptors (Lipinski definition) is 5. The molecule has 6 heteroatoms. The Labute approximate surface area is 183 Å². The fourth-order valence-electron chi connectivity index (χ4n) is 3.20. The maximum Gasteiger partial charge on any atom is 0.152 e. The maximum absolute atomic E-state index is 5.98. The summed E-state index contributed by atoms with van der Waals surface area (Å²) in [6, 6.07) is 23.8. The summed E-state index contributed by atoms with van der Waals surface area (Å²) in [5, 5.41) is 7.15. The minimum absolute atomic E-state index is 0.727. The number of aryl methyl sites for hydroxylation is 1. The molecule has 0 radical (unpaired) electrons. The van der Waals surface area contributed by atoms with Gasteiger partial charge in [0.15, 0.2) is 5.82 Å². The number of aromatic nitrogens is 3. The first-order valence-corrected chi connectivity index (χ1v) is 10.7. The standard InChI is InChI=1S/C24H17ClN4S/c1-15-23(28-21-5-3-2-4-20(21)26-15)27-19-12-8-16(9-13-19)22-14-30-24(29-22)17-6-10-18(25)11-7-17/h2-14H,1H3,(H,27,28). The molecule has 5 aromatic rings. The number of thiazole rings is 1. The van der Waals surface area contributed by atoms with Crippen molar-refractivity contribution in [3.8, 4) is 21.8 Å². The van der Waals surface area contributed by atoms with Crippen LogP contribution >= 0.6 is 22.9 Å². The number of para-hydroxylation sites is 2. The molecule has 0 saturated heterocycles. The Morgan fingerprint density at radius 1 is 0.767 bits per heavy atom. The van der Waals surface area contributed by atoms with E-state index in [-0.39, 0.29) is 0 Å². The highest BCUT2D eigenvalue weighted by Crippen LogP contribution is 2.30. The van der Waals surface area contributed by atoms with E-state index in [1.807, 2.05) is 67.6 Å². The first-order valence-electron chi connectivity index (χ1n) is 9.48. The molecule has 30 heavy (non-hydrogen) atoms. The zero-order chi connectivity index (χ0) is 20.5. The van der Waals surface area contributed by atoms with Crippen LogP contribution in [-0.4, -0.2) is 15.0 Å². The van der Waals surface area contributed by atoms with Gasteiger partial charge in [0, 0.05) is 27.2 Å². The lowest BCUT2D eigenvalue weighted by Gasteiger charge is -2.10. The van der Waals surface area contributed by atoms with Gasteiger partial charge in [0.2, 0.25) is 0 Å². The SMILES string of the molecule is Cc1nc2ccccc2nc1Nc1ccc(-c2csc(-c3ccc(Cl)cc3)n2)cc1. The highest BCUT2D eigenvalue weighted by Gasteiger charge is 2.08. The fourth-order valence-corrected chi connectivity index (χ4v) is 4.16. The van der Waals surface area contributed by atoms with Crippen LogP contribution in [-0.2, 0) is 0 Å². The molecular formula is C24H17ClN4S. The highest BCUT2D eigenvalue weighted by atomic mass is 35.5. The second-order valence-electron chi connectivity index (χ2n) is 6.89. The normalized spacial score (nSPS) is 11.0. The lowest BCUT2D eigenvalue weighted by Crippen LogP contribution is -1.99. The zero-order valence-electron chi connectivity index (χ0n) is 16.1. The van der Waals surface area contributed by atoms with Crippen LogP contribution in [0.5, 0.6) is 0 Å². The molecule has 0 bridgehead atoms. The van der Waals surface area contributed by atoms with E-state index in [0.29, 0.717) is 0 Å². The molecule has 0 unspecified atom stereocenters. The smallest absolute Gasteiger partial charge is 0.152 e. The highest BCUT2D eigenvalue weighted by molar-refractivity contribution is 7.13. The van der Waals surface area contributed by atoms with Gasteiger partial charge in [0.1, 0.15) is 5.01 Å². The Balaban J connectivity index is 1.37. The van der Waals surface area contributed by atoms with Crippen LogP contribution in [0.25, 0.3) is 32.9 Å². The first kappa shape index (κ1) is 18.7. The lowest BCUT2D eigenvalue weighted by molar-refractivity contribution is 1.18. The minimum Gasteiger partial charge on any atom is -0.339 e. The molecule has 0 spiro atoms. The zero-order valence-corrected chi connectivity index (χ0v) is 17.7. The van der Waals surface area contributed by atoms with E-state index < -0.39 is 0 Å². The van der Waals surface area contributed by atoms with E-state index >= 15 is 0 Å². The third-order valence-corrected chi connectivity index (χ3v) is 5.93. The number of nitrogens with zero attached hydrogens (tertiary/aromatic N) is 3. The molecule has 0 saturated carbocycles. The molecule has 0 fully saturated rings. The van der Waals surface area contributed by atoms with Crippen molar-refractivity contribution in [3.05, 3.63) is 88.9 Å². The van der Waals surface area contributed by atoms with Gasteiger partial charge in [-0.2, -0.15) is 0 Å². The number of hydrogen-bond donors (Lipinski definition) is 1. The number of nitrogens with one attached hydrogen (secondary N) is 1. The van der Waals surface area contributed by atoms with Gasteiger partial charge in [-0.15, -0.1) is 11.3 Å². The molecule has 4 nitrogen and oxygen atoms in total. The van der Waals surface area contributed by atoms with Gasteiger partial charge in [-0.25, -0.2) is 15.0 Å². The topological polar surface area (TPSA) is 50.7 Å². The summed E-state index contributed by atoms with van der Waals surface area (Å²) in [5.41, 5.74) is 6.69. The summed E-state index contributed by atoms with van der Waals surface area (Å²) in [6.45, 7) is 1.96. The Hall–Kier alpha value is -3.28. The second kappa shape index (κ2) is 7.86. The van der Waals surface area contributed by atoms with Gasteiger partial charge in [-0.05, 0) is 43.3 Å². The largest absolute Gasteiger partial charge is 0.339 e. The van der Waals surface area contributed by atoms with Crippen LogP contribution in [0.2, 0.25) is 5.02 Å². The summed E-state index contributed by atoms with van der Waals surface area (Å²) in [7, 11) is 0.